The van der Waals surface area contributed by atoms with E-state index in [0.29, 0.717) is 18.4 Å². The first-order valence-electron chi connectivity index (χ1n) is 10.0. The summed E-state index contributed by atoms with van der Waals surface area (Å²) in [5.41, 5.74) is 6.46. The molecule has 2 N–H and O–H groups in total. The number of amides is 1. The molecular formula is C21H27F3N2O. The lowest BCUT2D eigenvalue weighted by atomic mass is 9.65. The van der Waals surface area contributed by atoms with Crippen molar-refractivity contribution in [1.29, 1.82) is 0 Å². The van der Waals surface area contributed by atoms with Crippen LogP contribution in [0.1, 0.15) is 56.1 Å². The maximum atomic E-state index is 13.3. The Labute approximate surface area is 158 Å². The molecule has 0 saturated heterocycles. The van der Waals surface area contributed by atoms with E-state index in [2.05, 4.69) is 0 Å². The summed E-state index contributed by atoms with van der Waals surface area (Å²) in [6.45, 7) is 0.402. The van der Waals surface area contributed by atoms with Crippen molar-refractivity contribution in [3.8, 4) is 0 Å². The minimum atomic E-state index is -4.33. The molecule has 3 saturated carbocycles. The average molecular weight is 380 g/mol. The second-order valence-corrected chi connectivity index (χ2v) is 8.59. The minimum absolute atomic E-state index is 0.0233. The molecule has 0 aromatic heterocycles. The van der Waals surface area contributed by atoms with Crippen molar-refractivity contribution < 1.29 is 18.0 Å². The smallest absolute Gasteiger partial charge is 0.335 e. The van der Waals surface area contributed by atoms with Crippen molar-refractivity contribution >= 4 is 5.91 Å². The number of hydrogen-bond donors (Lipinski definition) is 1. The van der Waals surface area contributed by atoms with Gasteiger partial charge >= 0.3 is 6.18 Å². The monoisotopic (exact) mass is 380 g/mol. The lowest BCUT2D eigenvalue weighted by Gasteiger charge is -2.44. The molecule has 2 atom stereocenters. The zero-order valence-electron chi connectivity index (χ0n) is 15.4. The van der Waals surface area contributed by atoms with Gasteiger partial charge in [0.2, 0.25) is 5.91 Å². The molecule has 0 heterocycles. The van der Waals surface area contributed by atoms with Gasteiger partial charge in [0.25, 0.3) is 0 Å². The maximum absolute atomic E-state index is 13.3. The highest BCUT2D eigenvalue weighted by molar-refractivity contribution is 5.79. The van der Waals surface area contributed by atoms with Crippen molar-refractivity contribution in [3.05, 3.63) is 35.4 Å². The van der Waals surface area contributed by atoms with E-state index < -0.39 is 11.7 Å². The molecule has 0 spiro atoms. The van der Waals surface area contributed by atoms with E-state index in [4.69, 9.17) is 5.73 Å². The Morgan fingerprint density at radius 1 is 1.04 bits per heavy atom. The van der Waals surface area contributed by atoms with Crippen molar-refractivity contribution in [3.63, 3.8) is 0 Å². The fourth-order valence-corrected chi connectivity index (χ4v) is 4.99. The molecule has 4 rings (SSSR count). The van der Waals surface area contributed by atoms with Crippen molar-refractivity contribution in [1.82, 2.24) is 4.90 Å². The average Bonchev–Trinajstić information content (AvgIpc) is 3.43. The van der Waals surface area contributed by atoms with E-state index in [1.165, 1.54) is 18.6 Å². The molecule has 1 aromatic rings. The molecule has 3 aliphatic rings. The number of alkyl halides is 3. The van der Waals surface area contributed by atoms with Gasteiger partial charge in [-0.15, -0.1) is 0 Å². The summed E-state index contributed by atoms with van der Waals surface area (Å²) in [7, 11) is 0. The van der Waals surface area contributed by atoms with Gasteiger partial charge in [-0.1, -0.05) is 18.6 Å². The summed E-state index contributed by atoms with van der Waals surface area (Å²) in [6.07, 6.45) is 2.83. The standard InChI is InChI=1S/C21H27F3N2O/c22-21(23,24)17-6-4-13(5-7-17)12-26(18-8-9-18)20(27)16-10-14-2-1-3-15(11-16)19(14)25/h4-7,14-16,18-19H,1-3,8-12,25H2. The number of carbonyl (C=O) groups is 1. The van der Waals surface area contributed by atoms with Crippen LogP contribution < -0.4 is 5.73 Å². The van der Waals surface area contributed by atoms with Gasteiger partial charge < -0.3 is 10.6 Å². The van der Waals surface area contributed by atoms with Gasteiger partial charge in [-0.3, -0.25) is 4.79 Å². The molecule has 3 aliphatic carbocycles. The normalized spacial score (nSPS) is 30.8. The lowest BCUT2D eigenvalue weighted by molar-refractivity contribution is -0.140. The number of hydrogen-bond acceptors (Lipinski definition) is 2. The molecule has 0 aliphatic heterocycles. The van der Waals surface area contributed by atoms with Gasteiger partial charge in [0, 0.05) is 24.5 Å². The fraction of sp³-hybridized carbons (Fsp3) is 0.667. The lowest BCUT2D eigenvalue weighted by Crippen LogP contribution is -2.50. The van der Waals surface area contributed by atoms with Crippen LogP contribution in [0.4, 0.5) is 13.2 Å². The summed E-state index contributed by atoms with van der Waals surface area (Å²) < 4.78 is 38.3. The minimum Gasteiger partial charge on any atom is -0.335 e. The molecule has 148 valence electrons. The quantitative estimate of drug-likeness (QED) is 0.844. The van der Waals surface area contributed by atoms with Crippen LogP contribution in [-0.4, -0.2) is 22.9 Å². The number of rotatable bonds is 4. The largest absolute Gasteiger partial charge is 0.416 e. The SMILES string of the molecule is NC1C2CCCC1CC(C(=O)N(Cc1ccc(C(F)(F)F)cc1)C1CC1)C2. The van der Waals surface area contributed by atoms with Crippen LogP contribution in [0.25, 0.3) is 0 Å². The summed E-state index contributed by atoms with van der Waals surface area (Å²) in [4.78, 5) is 15.2. The maximum Gasteiger partial charge on any atom is 0.416 e. The third-order valence-corrected chi connectivity index (χ3v) is 6.67. The Hall–Kier alpha value is -1.56. The van der Waals surface area contributed by atoms with E-state index in [9.17, 15) is 18.0 Å². The van der Waals surface area contributed by atoms with E-state index >= 15 is 0 Å². The summed E-state index contributed by atoms with van der Waals surface area (Å²) in [5.74, 6) is 1.09. The van der Waals surface area contributed by atoms with Crippen LogP contribution in [0.3, 0.4) is 0 Å². The van der Waals surface area contributed by atoms with Gasteiger partial charge in [0.05, 0.1) is 5.56 Å². The third kappa shape index (κ3) is 4.00. The highest BCUT2D eigenvalue weighted by Gasteiger charge is 2.43. The van der Waals surface area contributed by atoms with Gasteiger partial charge in [-0.25, -0.2) is 0 Å². The van der Waals surface area contributed by atoms with Crippen LogP contribution in [0.2, 0.25) is 0 Å². The Kier molecular flexibility index (Phi) is 4.95. The van der Waals surface area contributed by atoms with Gasteiger partial charge in [-0.2, -0.15) is 13.2 Å². The van der Waals surface area contributed by atoms with E-state index in [-0.39, 0.29) is 23.9 Å². The predicted octanol–water partition coefficient (Wildman–Crippen LogP) is 4.35. The number of carbonyl (C=O) groups excluding carboxylic acids is 1. The molecule has 1 aromatic carbocycles. The number of nitrogens with zero attached hydrogens (tertiary/aromatic N) is 1. The predicted molar refractivity (Wildman–Crippen MR) is 96.5 cm³/mol. The molecule has 3 fully saturated rings. The Morgan fingerprint density at radius 3 is 2.15 bits per heavy atom. The zero-order chi connectivity index (χ0) is 19.2. The summed E-state index contributed by atoms with van der Waals surface area (Å²) in [5, 5.41) is 0. The third-order valence-electron chi connectivity index (χ3n) is 6.67. The first-order chi connectivity index (χ1) is 12.8. The number of nitrogens with two attached hydrogens (primary N) is 1. The summed E-state index contributed by atoms with van der Waals surface area (Å²) in [6, 6.07) is 5.68. The van der Waals surface area contributed by atoms with Crippen LogP contribution in [0.5, 0.6) is 0 Å². The molecular weight excluding hydrogens is 353 g/mol. The molecule has 6 heteroatoms. The number of halogens is 3. The van der Waals surface area contributed by atoms with Gasteiger partial charge in [0.1, 0.15) is 0 Å². The van der Waals surface area contributed by atoms with E-state index in [0.717, 1.165) is 56.2 Å². The summed E-state index contributed by atoms with van der Waals surface area (Å²) >= 11 is 0. The molecule has 2 bridgehead atoms. The van der Waals surface area contributed by atoms with E-state index in [1.54, 1.807) is 0 Å². The van der Waals surface area contributed by atoms with Crippen molar-refractivity contribution in [2.45, 2.75) is 69.8 Å². The molecule has 2 unspecified atom stereocenters. The second-order valence-electron chi connectivity index (χ2n) is 8.59. The number of benzene rings is 1. The number of fused-ring (bicyclic) bond motifs is 2. The van der Waals surface area contributed by atoms with E-state index in [1.807, 2.05) is 4.90 Å². The Balaban J connectivity index is 1.46. The van der Waals surface area contributed by atoms with Crippen LogP contribution in [0, 0.1) is 17.8 Å². The van der Waals surface area contributed by atoms with Crippen LogP contribution >= 0.6 is 0 Å². The fourth-order valence-electron chi connectivity index (χ4n) is 4.99. The molecule has 0 radical (unpaired) electrons. The topological polar surface area (TPSA) is 46.3 Å². The van der Waals surface area contributed by atoms with Crippen LogP contribution in [-0.2, 0) is 17.5 Å². The highest BCUT2D eigenvalue weighted by atomic mass is 19.4. The Morgan fingerprint density at radius 2 is 1.63 bits per heavy atom. The first-order valence-corrected chi connectivity index (χ1v) is 10.0. The molecule has 1 amide bonds. The highest BCUT2D eigenvalue weighted by Crippen LogP contribution is 2.43. The zero-order valence-corrected chi connectivity index (χ0v) is 15.4. The van der Waals surface area contributed by atoms with Crippen molar-refractivity contribution in [2.24, 2.45) is 23.5 Å². The Bertz CT molecular complexity index is 670. The van der Waals surface area contributed by atoms with Gasteiger partial charge in [0.15, 0.2) is 0 Å². The molecule has 3 nitrogen and oxygen atoms in total. The van der Waals surface area contributed by atoms with Gasteiger partial charge in [-0.05, 0) is 68.1 Å². The van der Waals surface area contributed by atoms with Crippen molar-refractivity contribution in [2.75, 3.05) is 0 Å². The van der Waals surface area contributed by atoms with Crippen LogP contribution in [0.15, 0.2) is 24.3 Å². The first kappa shape index (κ1) is 18.8. The second kappa shape index (κ2) is 7.12. The molecule has 27 heavy (non-hydrogen) atoms.